The molecule has 0 aromatic heterocycles. The predicted octanol–water partition coefficient (Wildman–Crippen LogP) is 2.53. The van der Waals surface area contributed by atoms with Gasteiger partial charge < -0.3 is 10.2 Å². The summed E-state index contributed by atoms with van der Waals surface area (Å²) in [4.78, 5) is 42.1. The number of nitrogens with zero attached hydrogens (tertiary/aromatic N) is 3. The standard InChI is InChI=1S/C22H26N4O3/c1-15-5-9-19(10-6-15)26-16(2)21(28)25(22(26)29)14-20(27)23-13-17-7-11-18(12-8-17)24(3)4/h5-12,16H,13-14H2,1-4H3,(H,23,27)/t16-/m1/s1. The van der Waals surface area contributed by atoms with Gasteiger partial charge in [0.25, 0.3) is 5.91 Å². The smallest absolute Gasteiger partial charge is 0.332 e. The van der Waals surface area contributed by atoms with Crippen LogP contribution in [0.3, 0.4) is 0 Å². The average molecular weight is 394 g/mol. The lowest BCUT2D eigenvalue weighted by molar-refractivity contribution is -0.131. The van der Waals surface area contributed by atoms with Gasteiger partial charge in [-0.25, -0.2) is 4.79 Å². The Bertz CT molecular complexity index is 907. The molecule has 3 rings (SSSR count). The van der Waals surface area contributed by atoms with E-state index in [4.69, 9.17) is 0 Å². The van der Waals surface area contributed by atoms with E-state index >= 15 is 0 Å². The maximum Gasteiger partial charge on any atom is 0.332 e. The Balaban J connectivity index is 1.61. The molecule has 1 fully saturated rings. The van der Waals surface area contributed by atoms with Crippen molar-refractivity contribution >= 4 is 29.2 Å². The first-order valence-electron chi connectivity index (χ1n) is 9.52. The quantitative estimate of drug-likeness (QED) is 0.765. The Hall–Kier alpha value is -3.35. The summed E-state index contributed by atoms with van der Waals surface area (Å²) in [7, 11) is 3.92. The van der Waals surface area contributed by atoms with Crippen molar-refractivity contribution in [3.63, 3.8) is 0 Å². The first kappa shape index (κ1) is 20.4. The van der Waals surface area contributed by atoms with Crippen LogP contribution in [0, 0.1) is 6.92 Å². The summed E-state index contributed by atoms with van der Waals surface area (Å²) in [6.07, 6.45) is 0. The fraction of sp³-hybridized carbons (Fsp3) is 0.318. The third-order valence-corrected chi connectivity index (χ3v) is 5.00. The first-order valence-corrected chi connectivity index (χ1v) is 9.52. The Morgan fingerprint density at radius 2 is 1.66 bits per heavy atom. The van der Waals surface area contributed by atoms with E-state index in [0.717, 1.165) is 21.7 Å². The maximum atomic E-state index is 12.8. The van der Waals surface area contributed by atoms with Crippen LogP contribution in [-0.2, 0) is 16.1 Å². The highest BCUT2D eigenvalue weighted by Crippen LogP contribution is 2.25. The number of benzene rings is 2. The molecule has 7 nitrogen and oxygen atoms in total. The number of rotatable bonds is 6. The summed E-state index contributed by atoms with van der Waals surface area (Å²) in [5.41, 5.74) is 3.72. The molecule has 152 valence electrons. The summed E-state index contributed by atoms with van der Waals surface area (Å²) in [6.45, 7) is 3.67. The van der Waals surface area contributed by atoms with Crippen molar-refractivity contribution in [3.8, 4) is 0 Å². The molecule has 1 aliphatic rings. The van der Waals surface area contributed by atoms with E-state index in [-0.39, 0.29) is 18.4 Å². The van der Waals surface area contributed by atoms with E-state index in [1.54, 1.807) is 19.1 Å². The number of nitrogens with one attached hydrogen (secondary N) is 1. The SMILES string of the molecule is Cc1ccc(N2C(=O)N(CC(=O)NCc3ccc(N(C)C)cc3)C(=O)[C@H]2C)cc1. The predicted molar refractivity (Wildman–Crippen MR) is 113 cm³/mol. The molecule has 2 aromatic rings. The number of urea groups is 1. The number of amides is 4. The highest BCUT2D eigenvalue weighted by molar-refractivity contribution is 6.15. The van der Waals surface area contributed by atoms with Gasteiger partial charge in [-0.05, 0) is 43.7 Å². The molecular weight excluding hydrogens is 368 g/mol. The number of carbonyl (C=O) groups is 3. The molecule has 1 saturated heterocycles. The van der Waals surface area contributed by atoms with E-state index < -0.39 is 12.1 Å². The van der Waals surface area contributed by atoms with Gasteiger partial charge in [0.1, 0.15) is 12.6 Å². The van der Waals surface area contributed by atoms with Crippen LogP contribution in [0.5, 0.6) is 0 Å². The number of hydrogen-bond acceptors (Lipinski definition) is 4. The van der Waals surface area contributed by atoms with E-state index in [0.29, 0.717) is 12.2 Å². The third kappa shape index (κ3) is 4.39. The van der Waals surface area contributed by atoms with Crippen molar-refractivity contribution in [1.82, 2.24) is 10.2 Å². The molecule has 0 saturated carbocycles. The van der Waals surface area contributed by atoms with Crippen molar-refractivity contribution in [3.05, 3.63) is 59.7 Å². The molecule has 1 heterocycles. The molecule has 0 bridgehead atoms. The van der Waals surface area contributed by atoms with Gasteiger partial charge in [0.2, 0.25) is 5.91 Å². The van der Waals surface area contributed by atoms with E-state index in [2.05, 4.69) is 5.32 Å². The van der Waals surface area contributed by atoms with Crippen molar-refractivity contribution in [2.45, 2.75) is 26.4 Å². The molecule has 0 unspecified atom stereocenters. The fourth-order valence-corrected chi connectivity index (χ4v) is 3.22. The van der Waals surface area contributed by atoms with Crippen LogP contribution < -0.4 is 15.1 Å². The molecule has 1 aliphatic heterocycles. The Kier molecular flexibility index (Phi) is 5.87. The van der Waals surface area contributed by atoms with Gasteiger partial charge in [-0.3, -0.25) is 19.4 Å². The summed E-state index contributed by atoms with van der Waals surface area (Å²) >= 11 is 0. The van der Waals surface area contributed by atoms with Crippen LogP contribution in [0.1, 0.15) is 18.1 Å². The van der Waals surface area contributed by atoms with Crippen molar-refractivity contribution in [2.24, 2.45) is 0 Å². The second kappa shape index (κ2) is 8.34. The van der Waals surface area contributed by atoms with Gasteiger partial charge in [-0.2, -0.15) is 0 Å². The Morgan fingerprint density at radius 3 is 2.24 bits per heavy atom. The number of imide groups is 1. The second-order valence-corrected chi connectivity index (χ2v) is 7.43. The normalized spacial score (nSPS) is 16.3. The zero-order valence-corrected chi connectivity index (χ0v) is 17.2. The lowest BCUT2D eigenvalue weighted by atomic mass is 10.2. The molecule has 0 aliphatic carbocycles. The topological polar surface area (TPSA) is 73.0 Å². The second-order valence-electron chi connectivity index (χ2n) is 7.43. The summed E-state index contributed by atoms with van der Waals surface area (Å²) < 4.78 is 0. The number of aryl methyl sites for hydroxylation is 1. The van der Waals surface area contributed by atoms with Gasteiger partial charge in [-0.15, -0.1) is 0 Å². The van der Waals surface area contributed by atoms with E-state index in [1.165, 1.54) is 4.90 Å². The molecule has 7 heteroatoms. The van der Waals surface area contributed by atoms with Gasteiger partial charge >= 0.3 is 6.03 Å². The van der Waals surface area contributed by atoms with Gasteiger partial charge in [0.05, 0.1) is 0 Å². The van der Waals surface area contributed by atoms with Crippen LogP contribution in [-0.4, -0.2) is 49.4 Å². The Morgan fingerprint density at radius 1 is 1.03 bits per heavy atom. The number of carbonyl (C=O) groups excluding carboxylic acids is 3. The molecule has 4 amide bonds. The van der Waals surface area contributed by atoms with Gasteiger partial charge in [0, 0.05) is 32.0 Å². The highest BCUT2D eigenvalue weighted by Gasteiger charge is 2.43. The number of hydrogen-bond donors (Lipinski definition) is 1. The number of anilines is 2. The minimum absolute atomic E-state index is 0.292. The Labute approximate surface area is 170 Å². The third-order valence-electron chi connectivity index (χ3n) is 5.00. The summed E-state index contributed by atoms with van der Waals surface area (Å²) in [5.74, 6) is -0.748. The van der Waals surface area contributed by atoms with Crippen molar-refractivity contribution in [1.29, 1.82) is 0 Å². The maximum absolute atomic E-state index is 12.8. The van der Waals surface area contributed by atoms with Crippen LogP contribution in [0.2, 0.25) is 0 Å². The first-order chi connectivity index (χ1) is 13.8. The molecule has 29 heavy (non-hydrogen) atoms. The monoisotopic (exact) mass is 394 g/mol. The molecule has 0 spiro atoms. The minimum Gasteiger partial charge on any atom is -0.378 e. The van der Waals surface area contributed by atoms with Crippen LogP contribution in [0.15, 0.2) is 48.5 Å². The van der Waals surface area contributed by atoms with Crippen molar-refractivity contribution < 1.29 is 14.4 Å². The molecule has 1 N–H and O–H groups in total. The molecule has 1 atom stereocenters. The lowest BCUT2D eigenvalue weighted by Gasteiger charge is -2.19. The van der Waals surface area contributed by atoms with E-state index in [1.807, 2.05) is 62.3 Å². The zero-order valence-electron chi connectivity index (χ0n) is 17.2. The minimum atomic E-state index is -0.642. The fourth-order valence-electron chi connectivity index (χ4n) is 3.22. The van der Waals surface area contributed by atoms with E-state index in [9.17, 15) is 14.4 Å². The van der Waals surface area contributed by atoms with Crippen LogP contribution in [0.4, 0.5) is 16.2 Å². The van der Waals surface area contributed by atoms with Crippen molar-refractivity contribution in [2.75, 3.05) is 30.4 Å². The van der Waals surface area contributed by atoms with Gasteiger partial charge in [-0.1, -0.05) is 29.8 Å². The van der Waals surface area contributed by atoms with Gasteiger partial charge in [0.15, 0.2) is 0 Å². The average Bonchev–Trinajstić information content (AvgIpc) is 2.91. The largest absolute Gasteiger partial charge is 0.378 e. The zero-order chi connectivity index (χ0) is 21.1. The highest BCUT2D eigenvalue weighted by atomic mass is 16.2. The lowest BCUT2D eigenvalue weighted by Crippen LogP contribution is -2.41. The molecule has 2 aromatic carbocycles. The molecule has 0 radical (unpaired) electrons. The molecular formula is C22H26N4O3. The summed E-state index contributed by atoms with van der Waals surface area (Å²) in [6, 6.07) is 14.1. The summed E-state index contributed by atoms with van der Waals surface area (Å²) in [5, 5.41) is 2.78. The van der Waals surface area contributed by atoms with Crippen LogP contribution in [0.25, 0.3) is 0 Å². The van der Waals surface area contributed by atoms with Crippen LogP contribution >= 0.6 is 0 Å².